The second kappa shape index (κ2) is 15.5. The fourth-order valence-corrected chi connectivity index (χ4v) is 7.03. The van der Waals surface area contributed by atoms with Crippen molar-refractivity contribution in [3.63, 3.8) is 0 Å². The van der Waals surface area contributed by atoms with Gasteiger partial charge in [0.25, 0.3) is 0 Å². The number of aliphatic imine (C=N–C) groups is 1. The van der Waals surface area contributed by atoms with Gasteiger partial charge in [-0.05, 0) is 93.0 Å². The number of nitrogens with two attached hydrogens (primary N) is 1. The van der Waals surface area contributed by atoms with E-state index in [1.807, 2.05) is 6.21 Å². The van der Waals surface area contributed by atoms with Gasteiger partial charge in [-0.2, -0.15) is 4.98 Å². The molecule has 0 spiro atoms. The molecule has 1 aliphatic heterocycles. The van der Waals surface area contributed by atoms with Crippen LogP contribution in [0, 0.1) is 11.8 Å². The maximum atomic E-state index is 12.9. The minimum absolute atomic E-state index is 0.00427. The summed E-state index contributed by atoms with van der Waals surface area (Å²) in [5, 5.41) is 4.67. The first-order chi connectivity index (χ1) is 22.1. The third-order valence-corrected chi connectivity index (χ3v) is 9.53. The topological polar surface area (TPSA) is 117 Å². The number of nitrogens with one attached hydrogen (secondary N) is 1. The lowest BCUT2D eigenvalue weighted by molar-refractivity contribution is -0.151. The molecule has 3 aromatic rings. The van der Waals surface area contributed by atoms with Gasteiger partial charge >= 0.3 is 5.97 Å². The molecule has 0 saturated heterocycles. The predicted octanol–water partition coefficient (Wildman–Crippen LogP) is 6.49. The van der Waals surface area contributed by atoms with Crippen molar-refractivity contribution in [2.75, 3.05) is 19.4 Å². The number of methoxy groups -OCH3 is 1. The molecular weight excluding hydrogens is 600 g/mol. The Morgan fingerprint density at radius 3 is 2.48 bits per heavy atom. The van der Waals surface area contributed by atoms with Crippen molar-refractivity contribution in [1.29, 1.82) is 0 Å². The molecular formula is C36H49ClN6O3. The predicted molar refractivity (Wildman–Crippen MR) is 185 cm³/mol. The van der Waals surface area contributed by atoms with Crippen molar-refractivity contribution in [1.82, 2.24) is 19.9 Å². The van der Waals surface area contributed by atoms with Crippen molar-refractivity contribution < 1.29 is 14.3 Å². The molecule has 0 bridgehead atoms. The Kier molecular flexibility index (Phi) is 11.5. The number of benzene rings is 1. The molecule has 5 rings (SSSR count). The van der Waals surface area contributed by atoms with Crippen LogP contribution in [0.5, 0.6) is 0 Å². The van der Waals surface area contributed by atoms with Gasteiger partial charge < -0.3 is 25.1 Å². The largest absolute Gasteiger partial charge is 0.461 e. The molecule has 0 radical (unpaired) electrons. The van der Waals surface area contributed by atoms with E-state index >= 15 is 0 Å². The zero-order valence-corrected chi connectivity index (χ0v) is 28.6. The second-order valence-corrected chi connectivity index (χ2v) is 13.7. The van der Waals surface area contributed by atoms with E-state index in [0.717, 1.165) is 80.1 Å². The van der Waals surface area contributed by atoms with Gasteiger partial charge in [0.05, 0.1) is 23.7 Å². The number of aryl methyl sites for hydroxylation is 2. The molecule has 2 aromatic heterocycles. The number of hydrogen-bond donors (Lipinski definition) is 2. The first kappa shape index (κ1) is 34.1. The molecule has 248 valence electrons. The summed E-state index contributed by atoms with van der Waals surface area (Å²) < 4.78 is 13.6. The lowest BCUT2D eigenvalue weighted by Gasteiger charge is -2.26. The number of ether oxygens (including phenoxy) is 2. The van der Waals surface area contributed by atoms with Crippen molar-refractivity contribution in [3.05, 3.63) is 63.6 Å². The molecule has 2 unspecified atom stereocenters. The molecule has 2 aliphatic rings. The number of esters is 1. The normalized spacial score (nSPS) is 19.5. The third-order valence-electron chi connectivity index (χ3n) is 9.25. The fraction of sp³-hybridized carbons (Fsp3) is 0.556. The zero-order valence-electron chi connectivity index (χ0n) is 27.9. The number of carbonyl (C=O) groups is 1. The summed E-state index contributed by atoms with van der Waals surface area (Å²) in [4.78, 5) is 26.4. The fourth-order valence-electron chi connectivity index (χ4n) is 6.74. The van der Waals surface area contributed by atoms with Gasteiger partial charge in [0.15, 0.2) is 0 Å². The third kappa shape index (κ3) is 8.35. The quantitative estimate of drug-likeness (QED) is 0.152. The summed E-state index contributed by atoms with van der Waals surface area (Å²) >= 11 is 6.64. The van der Waals surface area contributed by atoms with Crippen LogP contribution in [0.25, 0.3) is 11.0 Å². The Hall–Kier alpha value is -3.27. The first-order valence-corrected chi connectivity index (χ1v) is 17.1. The summed E-state index contributed by atoms with van der Waals surface area (Å²) in [7, 11) is 1.74. The van der Waals surface area contributed by atoms with Crippen molar-refractivity contribution in [3.8, 4) is 0 Å². The highest BCUT2D eigenvalue weighted by molar-refractivity contribution is 6.34. The standard InChI is InChI=1S/C36H49ClN6O3/c1-22(2)18-29(35(44)46-28-8-6-7-9-28)39-17-16-26-12-10-25(11-13-26)14-15-27-20-43(34-31(27)33(37)41-36(38)42-34)21-30-24(4)32(45-5)23(3)19-40-30/h10-13,19-20,22-23,28-29,32,39H,6-9,14-18,21H2,1-5H3,(H2,38,41,42)/t23?,29-,32?/m0/s1. The first-order valence-electron chi connectivity index (χ1n) is 16.7. The second-order valence-electron chi connectivity index (χ2n) is 13.3. The number of aromatic nitrogens is 3. The van der Waals surface area contributed by atoms with Crippen LogP contribution in [0.15, 0.2) is 46.7 Å². The molecule has 0 amide bonds. The van der Waals surface area contributed by atoms with Gasteiger partial charge in [-0.3, -0.25) is 9.79 Å². The molecule has 1 saturated carbocycles. The molecule has 1 aliphatic carbocycles. The minimum Gasteiger partial charge on any atom is -0.461 e. The zero-order chi connectivity index (χ0) is 32.8. The van der Waals surface area contributed by atoms with E-state index < -0.39 is 0 Å². The van der Waals surface area contributed by atoms with Gasteiger partial charge in [0.2, 0.25) is 5.95 Å². The van der Waals surface area contributed by atoms with E-state index in [-0.39, 0.29) is 36.1 Å². The number of halogens is 1. The van der Waals surface area contributed by atoms with Crippen LogP contribution in [0.3, 0.4) is 0 Å². The van der Waals surface area contributed by atoms with Crippen LogP contribution in [0.2, 0.25) is 5.15 Å². The summed E-state index contributed by atoms with van der Waals surface area (Å²) in [5.41, 5.74) is 12.3. The smallest absolute Gasteiger partial charge is 0.323 e. The monoisotopic (exact) mass is 648 g/mol. The number of anilines is 1. The number of allylic oxidation sites excluding steroid dienone is 1. The Morgan fingerprint density at radius 2 is 1.80 bits per heavy atom. The average molecular weight is 649 g/mol. The molecule has 9 nitrogen and oxygen atoms in total. The highest BCUT2D eigenvalue weighted by atomic mass is 35.5. The van der Waals surface area contributed by atoms with Crippen molar-refractivity contribution >= 4 is 40.8 Å². The lowest BCUT2D eigenvalue weighted by Crippen LogP contribution is -2.41. The summed E-state index contributed by atoms with van der Waals surface area (Å²) in [6, 6.07) is 8.45. The molecule has 3 atom stereocenters. The van der Waals surface area contributed by atoms with Gasteiger partial charge in [-0.1, -0.05) is 56.6 Å². The van der Waals surface area contributed by atoms with E-state index in [2.05, 4.69) is 78.0 Å². The van der Waals surface area contributed by atoms with Gasteiger partial charge in [0, 0.05) is 25.4 Å². The number of nitrogen functional groups attached to an aromatic ring is 1. The number of carbonyl (C=O) groups excluding carboxylic acids is 1. The van der Waals surface area contributed by atoms with Crippen LogP contribution in [-0.4, -0.2) is 58.6 Å². The van der Waals surface area contributed by atoms with E-state index in [9.17, 15) is 4.79 Å². The number of rotatable bonds is 14. The summed E-state index contributed by atoms with van der Waals surface area (Å²) in [6.07, 6.45) is 11.7. The number of hydrogen-bond acceptors (Lipinski definition) is 8. The molecule has 3 N–H and O–H groups in total. The van der Waals surface area contributed by atoms with Crippen LogP contribution < -0.4 is 11.1 Å². The average Bonchev–Trinajstić information content (AvgIpc) is 3.65. The SMILES string of the molecule is COC1C(C)=C(Cn2cc(CCc3ccc(CCN[C@@H](CC(C)C)C(=O)OC4CCCC4)cc3)c3c(Cl)nc(N)nc32)N=CC1C. The van der Waals surface area contributed by atoms with Crippen LogP contribution in [0.4, 0.5) is 5.95 Å². The molecule has 10 heteroatoms. The van der Waals surface area contributed by atoms with Crippen molar-refractivity contribution in [2.45, 2.75) is 104 Å². The van der Waals surface area contributed by atoms with Crippen LogP contribution >= 0.6 is 11.6 Å². The van der Waals surface area contributed by atoms with Crippen molar-refractivity contribution in [2.24, 2.45) is 16.8 Å². The van der Waals surface area contributed by atoms with E-state index in [4.69, 9.17) is 31.8 Å². The Balaban J connectivity index is 1.21. The molecule has 46 heavy (non-hydrogen) atoms. The number of fused-ring (bicyclic) bond motifs is 1. The minimum atomic E-state index is -0.261. The van der Waals surface area contributed by atoms with Crippen LogP contribution in [0.1, 0.15) is 76.5 Å². The van der Waals surface area contributed by atoms with E-state index in [1.54, 1.807) is 7.11 Å². The van der Waals surface area contributed by atoms with Crippen LogP contribution in [-0.2, 0) is 40.1 Å². The highest BCUT2D eigenvalue weighted by Gasteiger charge is 2.27. The van der Waals surface area contributed by atoms with E-state index in [1.165, 1.54) is 11.1 Å². The maximum absolute atomic E-state index is 12.9. The highest BCUT2D eigenvalue weighted by Crippen LogP contribution is 2.31. The Bertz CT molecular complexity index is 1560. The summed E-state index contributed by atoms with van der Waals surface area (Å²) in [5.74, 6) is 0.677. The molecule has 1 aromatic carbocycles. The lowest BCUT2D eigenvalue weighted by atomic mass is 9.95. The molecule has 3 heterocycles. The van der Waals surface area contributed by atoms with Gasteiger partial charge in [0.1, 0.15) is 22.9 Å². The molecule has 1 fully saturated rings. The number of nitrogens with zero attached hydrogens (tertiary/aromatic N) is 4. The summed E-state index contributed by atoms with van der Waals surface area (Å²) in [6.45, 7) is 9.74. The maximum Gasteiger partial charge on any atom is 0.323 e. The van der Waals surface area contributed by atoms with Gasteiger partial charge in [-0.15, -0.1) is 0 Å². The van der Waals surface area contributed by atoms with E-state index in [0.29, 0.717) is 23.3 Å². The Labute approximate surface area is 278 Å². The Morgan fingerprint density at radius 1 is 1.11 bits per heavy atom. The van der Waals surface area contributed by atoms with Gasteiger partial charge in [-0.25, -0.2) is 4.98 Å².